The lowest BCUT2D eigenvalue weighted by atomic mass is 10.3. The fraction of sp³-hybridized carbons (Fsp3) is 0.308. The quantitative estimate of drug-likeness (QED) is 0.816. The number of rotatable bonds is 3. The van der Waals surface area contributed by atoms with Crippen LogP contribution in [0.2, 0.25) is 0 Å². The van der Waals surface area contributed by atoms with Gasteiger partial charge in [-0.15, -0.1) is 0 Å². The van der Waals surface area contributed by atoms with Gasteiger partial charge in [0.05, 0.1) is 5.69 Å². The van der Waals surface area contributed by atoms with Gasteiger partial charge in [-0.2, -0.15) is 10.4 Å². The van der Waals surface area contributed by atoms with E-state index >= 15 is 0 Å². The van der Waals surface area contributed by atoms with E-state index < -0.39 is 12.3 Å². The summed E-state index contributed by atoms with van der Waals surface area (Å²) >= 11 is 0. The predicted molar refractivity (Wildman–Crippen MR) is 70.2 cm³/mol. The van der Waals surface area contributed by atoms with Gasteiger partial charge in [-0.3, -0.25) is 9.69 Å². The van der Waals surface area contributed by atoms with Gasteiger partial charge in [0.1, 0.15) is 6.07 Å². The smallest absolute Gasteiger partial charge is 0.288 e. The molecule has 0 radical (unpaired) electrons. The highest BCUT2D eigenvalue weighted by Crippen LogP contribution is 2.22. The van der Waals surface area contributed by atoms with Crippen molar-refractivity contribution in [2.75, 3.05) is 18.7 Å². The Hall–Kier alpha value is -2.39. The van der Waals surface area contributed by atoms with Crippen LogP contribution in [0.1, 0.15) is 6.92 Å². The van der Waals surface area contributed by atoms with Gasteiger partial charge in [-0.1, -0.05) is 18.2 Å². The summed E-state index contributed by atoms with van der Waals surface area (Å²) in [4.78, 5) is 13.2. The van der Waals surface area contributed by atoms with Crippen molar-refractivity contribution >= 4 is 17.3 Å². The Morgan fingerprint density at radius 2 is 2.11 bits per heavy atom. The summed E-state index contributed by atoms with van der Waals surface area (Å²) in [7, 11) is 1.59. The number of amides is 1. The molecule has 2 rings (SSSR count). The van der Waals surface area contributed by atoms with Gasteiger partial charge in [0.25, 0.3) is 5.91 Å². The predicted octanol–water partition coefficient (Wildman–Crippen LogP) is 1.16. The van der Waals surface area contributed by atoms with Crippen LogP contribution >= 0.6 is 0 Å². The molecule has 0 fully saturated rings. The van der Waals surface area contributed by atoms with Crippen molar-refractivity contribution in [3.05, 3.63) is 30.3 Å². The largest absolute Gasteiger partial charge is 0.339 e. The third kappa shape index (κ3) is 2.41. The molecule has 0 spiro atoms. The summed E-state index contributed by atoms with van der Waals surface area (Å²) in [6, 6.07) is 11.1. The Labute approximate surface area is 111 Å². The molecule has 0 saturated carbocycles. The molecule has 1 heterocycles. The number of carbonyl (C=O) groups is 1. The number of hydrazone groups is 1. The van der Waals surface area contributed by atoms with Crippen molar-refractivity contribution in [3.8, 4) is 6.07 Å². The van der Waals surface area contributed by atoms with Crippen LogP contribution in [0, 0.1) is 11.3 Å². The van der Waals surface area contributed by atoms with Crippen molar-refractivity contribution < 1.29 is 9.53 Å². The SMILES string of the molecule is CCO[C@@H]1N(C)C(=O)C(C#N)=NN1c1ccccc1. The zero-order valence-electron chi connectivity index (χ0n) is 10.8. The first kappa shape index (κ1) is 13.1. The van der Waals surface area contributed by atoms with E-state index in [1.807, 2.05) is 43.3 Å². The normalized spacial score (nSPS) is 19.1. The highest BCUT2D eigenvalue weighted by Gasteiger charge is 2.35. The molecule has 1 atom stereocenters. The summed E-state index contributed by atoms with van der Waals surface area (Å²) in [6.07, 6.45) is -0.642. The minimum atomic E-state index is -0.642. The number of hydrogen-bond donors (Lipinski definition) is 0. The van der Waals surface area contributed by atoms with Crippen LogP contribution in [0.25, 0.3) is 0 Å². The fourth-order valence-corrected chi connectivity index (χ4v) is 1.80. The summed E-state index contributed by atoms with van der Waals surface area (Å²) in [5.41, 5.74) is 0.607. The van der Waals surface area contributed by atoms with Crippen LogP contribution < -0.4 is 5.01 Å². The molecule has 0 N–H and O–H groups in total. The zero-order chi connectivity index (χ0) is 13.8. The van der Waals surface area contributed by atoms with Crippen molar-refractivity contribution in [1.29, 1.82) is 5.26 Å². The molecule has 19 heavy (non-hydrogen) atoms. The van der Waals surface area contributed by atoms with Crippen molar-refractivity contribution in [3.63, 3.8) is 0 Å². The number of benzene rings is 1. The molecule has 0 aromatic heterocycles. The van der Waals surface area contributed by atoms with Crippen LogP contribution in [0.3, 0.4) is 0 Å². The lowest BCUT2D eigenvalue weighted by molar-refractivity contribution is -0.137. The van der Waals surface area contributed by atoms with Gasteiger partial charge in [0.15, 0.2) is 0 Å². The van der Waals surface area contributed by atoms with Crippen molar-refractivity contribution in [1.82, 2.24) is 4.90 Å². The molecule has 1 aliphatic heterocycles. The van der Waals surface area contributed by atoms with E-state index in [1.165, 1.54) is 9.91 Å². The number of para-hydroxylation sites is 1. The van der Waals surface area contributed by atoms with E-state index in [0.717, 1.165) is 5.69 Å². The molecule has 0 unspecified atom stereocenters. The lowest BCUT2D eigenvalue weighted by Crippen LogP contribution is -2.55. The minimum Gasteiger partial charge on any atom is -0.339 e. The Morgan fingerprint density at radius 3 is 2.68 bits per heavy atom. The summed E-state index contributed by atoms with van der Waals surface area (Å²) < 4.78 is 5.54. The van der Waals surface area contributed by atoms with Crippen LogP contribution in [0.5, 0.6) is 0 Å². The molecule has 1 amide bonds. The van der Waals surface area contributed by atoms with Gasteiger partial charge in [-0.05, 0) is 19.1 Å². The Bertz CT molecular complexity index is 535. The van der Waals surface area contributed by atoms with E-state index in [4.69, 9.17) is 10.00 Å². The highest BCUT2D eigenvalue weighted by atomic mass is 16.5. The second kappa shape index (κ2) is 5.50. The maximum atomic E-state index is 11.9. The van der Waals surface area contributed by atoms with E-state index in [1.54, 1.807) is 7.05 Å². The minimum absolute atomic E-state index is 0.151. The molecule has 1 aromatic rings. The number of anilines is 1. The average Bonchev–Trinajstić information content (AvgIpc) is 2.45. The molecule has 0 bridgehead atoms. The van der Waals surface area contributed by atoms with Gasteiger partial charge in [0, 0.05) is 13.7 Å². The van der Waals surface area contributed by atoms with E-state index in [-0.39, 0.29) is 5.71 Å². The molecule has 1 aromatic carbocycles. The number of hydrogen-bond acceptors (Lipinski definition) is 5. The second-order valence-corrected chi connectivity index (χ2v) is 3.94. The molecule has 98 valence electrons. The van der Waals surface area contributed by atoms with Gasteiger partial charge in [0.2, 0.25) is 12.1 Å². The van der Waals surface area contributed by atoms with Gasteiger partial charge in [-0.25, -0.2) is 5.01 Å². The summed E-state index contributed by atoms with van der Waals surface area (Å²) in [5, 5.41) is 14.6. The molecular weight excluding hydrogens is 244 g/mol. The van der Waals surface area contributed by atoms with Crippen LogP contribution in [0.15, 0.2) is 35.4 Å². The van der Waals surface area contributed by atoms with E-state index in [0.29, 0.717) is 6.61 Å². The van der Waals surface area contributed by atoms with Gasteiger partial charge >= 0.3 is 0 Å². The molecular formula is C13H14N4O2. The number of ether oxygens (including phenoxy) is 1. The first-order valence-corrected chi connectivity index (χ1v) is 5.90. The number of nitrogens with zero attached hydrogens (tertiary/aromatic N) is 4. The van der Waals surface area contributed by atoms with Crippen molar-refractivity contribution in [2.24, 2.45) is 5.10 Å². The van der Waals surface area contributed by atoms with E-state index in [9.17, 15) is 4.79 Å². The Kier molecular flexibility index (Phi) is 3.78. The highest BCUT2D eigenvalue weighted by molar-refractivity contribution is 6.45. The van der Waals surface area contributed by atoms with E-state index in [2.05, 4.69) is 5.10 Å². The summed E-state index contributed by atoms with van der Waals surface area (Å²) in [6.45, 7) is 2.27. The van der Waals surface area contributed by atoms with Crippen LogP contribution in [0.4, 0.5) is 5.69 Å². The molecule has 6 heteroatoms. The third-order valence-electron chi connectivity index (χ3n) is 2.71. The monoisotopic (exact) mass is 258 g/mol. The molecule has 6 nitrogen and oxygen atoms in total. The van der Waals surface area contributed by atoms with Crippen molar-refractivity contribution in [2.45, 2.75) is 13.3 Å². The van der Waals surface area contributed by atoms with Crippen LogP contribution in [-0.4, -0.2) is 36.5 Å². The molecule has 1 aliphatic rings. The Morgan fingerprint density at radius 1 is 1.42 bits per heavy atom. The van der Waals surface area contributed by atoms with Gasteiger partial charge < -0.3 is 4.74 Å². The molecule has 0 saturated heterocycles. The standard InChI is InChI=1S/C13H14N4O2/c1-3-19-13-16(2)12(18)11(9-14)15-17(13)10-7-5-4-6-8-10/h4-8,13H,3H2,1-2H3/t13-/m1/s1. The third-order valence-corrected chi connectivity index (χ3v) is 2.71. The average molecular weight is 258 g/mol. The maximum absolute atomic E-state index is 11.9. The van der Waals surface area contributed by atoms with Crippen LogP contribution in [-0.2, 0) is 9.53 Å². The second-order valence-electron chi connectivity index (χ2n) is 3.94. The summed E-state index contributed by atoms with van der Waals surface area (Å²) in [5.74, 6) is -0.437. The number of nitriles is 1. The number of carbonyl (C=O) groups excluding carboxylic acids is 1. The first-order chi connectivity index (χ1) is 9.19. The zero-order valence-corrected chi connectivity index (χ0v) is 10.8. The topological polar surface area (TPSA) is 68.9 Å². The lowest BCUT2D eigenvalue weighted by Gasteiger charge is -2.37. The Balaban J connectivity index is 2.45. The fourth-order valence-electron chi connectivity index (χ4n) is 1.80. The molecule has 0 aliphatic carbocycles. The maximum Gasteiger partial charge on any atom is 0.288 e. The first-order valence-electron chi connectivity index (χ1n) is 5.90.